The first-order valence-corrected chi connectivity index (χ1v) is 7.80. The van der Waals surface area contributed by atoms with Gasteiger partial charge in [-0.15, -0.1) is 0 Å². The van der Waals surface area contributed by atoms with Crippen molar-refractivity contribution in [3.63, 3.8) is 0 Å². The molecule has 0 spiro atoms. The number of anilines is 1. The lowest BCUT2D eigenvalue weighted by atomic mass is 9.82. The third-order valence-electron chi connectivity index (χ3n) is 4.44. The van der Waals surface area contributed by atoms with Gasteiger partial charge in [0.05, 0.1) is 7.11 Å². The second kappa shape index (κ2) is 6.66. The van der Waals surface area contributed by atoms with E-state index < -0.39 is 0 Å². The van der Waals surface area contributed by atoms with E-state index in [1.165, 1.54) is 31.2 Å². The van der Waals surface area contributed by atoms with E-state index in [4.69, 9.17) is 4.74 Å². The van der Waals surface area contributed by atoms with Gasteiger partial charge in [0.25, 0.3) is 0 Å². The Bertz CT molecular complexity index is 559. The molecule has 0 radical (unpaired) electrons. The van der Waals surface area contributed by atoms with Crippen LogP contribution in [0, 0.1) is 0 Å². The SMILES string of the molecule is COc1cccc(NC2CCC(c3ccccc3)CC2)c1. The predicted octanol–water partition coefficient (Wildman–Crippen LogP) is 4.83. The Morgan fingerprint density at radius 1 is 0.905 bits per heavy atom. The van der Waals surface area contributed by atoms with E-state index in [0.29, 0.717) is 6.04 Å². The van der Waals surface area contributed by atoms with E-state index >= 15 is 0 Å². The second-order valence-electron chi connectivity index (χ2n) is 5.84. The molecule has 1 saturated carbocycles. The highest BCUT2D eigenvalue weighted by molar-refractivity contribution is 5.48. The third kappa shape index (κ3) is 3.57. The zero-order valence-electron chi connectivity index (χ0n) is 12.6. The van der Waals surface area contributed by atoms with Crippen molar-refractivity contribution < 1.29 is 4.74 Å². The highest BCUT2D eigenvalue weighted by Gasteiger charge is 2.22. The normalized spacial score (nSPS) is 21.8. The minimum absolute atomic E-state index is 0.581. The summed E-state index contributed by atoms with van der Waals surface area (Å²) in [6, 6.07) is 19.7. The van der Waals surface area contributed by atoms with Gasteiger partial charge in [-0.2, -0.15) is 0 Å². The van der Waals surface area contributed by atoms with Crippen LogP contribution in [0.3, 0.4) is 0 Å². The van der Waals surface area contributed by atoms with Crippen LogP contribution in [0.25, 0.3) is 0 Å². The molecule has 21 heavy (non-hydrogen) atoms. The zero-order chi connectivity index (χ0) is 14.5. The van der Waals surface area contributed by atoms with Crippen LogP contribution in [0.1, 0.15) is 37.2 Å². The van der Waals surface area contributed by atoms with Crippen LogP contribution < -0.4 is 10.1 Å². The van der Waals surface area contributed by atoms with Crippen molar-refractivity contribution in [3.8, 4) is 5.75 Å². The van der Waals surface area contributed by atoms with Crippen LogP contribution >= 0.6 is 0 Å². The van der Waals surface area contributed by atoms with Crippen molar-refractivity contribution in [2.75, 3.05) is 12.4 Å². The minimum Gasteiger partial charge on any atom is -0.497 e. The van der Waals surface area contributed by atoms with Crippen LogP contribution in [0.15, 0.2) is 54.6 Å². The summed E-state index contributed by atoms with van der Waals surface area (Å²) >= 11 is 0. The van der Waals surface area contributed by atoms with Gasteiger partial charge in [-0.3, -0.25) is 0 Å². The van der Waals surface area contributed by atoms with Crippen LogP contribution in [-0.4, -0.2) is 13.2 Å². The Labute approximate surface area is 127 Å². The fourth-order valence-corrected chi connectivity index (χ4v) is 3.24. The van der Waals surface area contributed by atoms with Crippen LogP contribution in [-0.2, 0) is 0 Å². The molecule has 0 aliphatic heterocycles. The molecule has 0 unspecified atom stereocenters. The summed E-state index contributed by atoms with van der Waals surface area (Å²) in [7, 11) is 1.71. The second-order valence-corrected chi connectivity index (χ2v) is 5.84. The standard InChI is InChI=1S/C19H23NO/c1-21-19-9-5-8-18(14-19)20-17-12-10-16(11-13-17)15-6-3-2-4-7-15/h2-9,14,16-17,20H,10-13H2,1H3. The number of hydrogen-bond acceptors (Lipinski definition) is 2. The van der Waals surface area contributed by atoms with Gasteiger partial charge in [0.1, 0.15) is 5.75 Å². The van der Waals surface area contributed by atoms with Crippen molar-refractivity contribution in [1.29, 1.82) is 0 Å². The molecular formula is C19H23NO. The highest BCUT2D eigenvalue weighted by atomic mass is 16.5. The molecule has 0 amide bonds. The van der Waals surface area contributed by atoms with Crippen LogP contribution in [0.2, 0.25) is 0 Å². The van der Waals surface area contributed by atoms with Gasteiger partial charge in [0, 0.05) is 17.8 Å². The number of rotatable bonds is 4. The molecule has 2 aromatic carbocycles. The molecule has 0 atom stereocenters. The largest absolute Gasteiger partial charge is 0.497 e. The molecular weight excluding hydrogens is 258 g/mol. The average molecular weight is 281 g/mol. The molecule has 2 heteroatoms. The van der Waals surface area contributed by atoms with E-state index in [0.717, 1.165) is 17.4 Å². The molecule has 1 N–H and O–H groups in total. The maximum Gasteiger partial charge on any atom is 0.120 e. The van der Waals surface area contributed by atoms with Crippen molar-refractivity contribution in [2.24, 2.45) is 0 Å². The fraction of sp³-hybridized carbons (Fsp3) is 0.368. The van der Waals surface area contributed by atoms with Gasteiger partial charge in [-0.25, -0.2) is 0 Å². The molecule has 0 heterocycles. The molecule has 0 saturated heterocycles. The van der Waals surface area contributed by atoms with E-state index in [1.54, 1.807) is 7.11 Å². The Morgan fingerprint density at radius 2 is 1.67 bits per heavy atom. The number of hydrogen-bond donors (Lipinski definition) is 1. The van der Waals surface area contributed by atoms with Gasteiger partial charge in [0.2, 0.25) is 0 Å². The average Bonchev–Trinajstić information content (AvgIpc) is 2.56. The molecule has 2 nitrogen and oxygen atoms in total. The van der Waals surface area contributed by atoms with Crippen LogP contribution in [0.4, 0.5) is 5.69 Å². The fourth-order valence-electron chi connectivity index (χ4n) is 3.24. The third-order valence-corrected chi connectivity index (χ3v) is 4.44. The molecule has 1 aliphatic carbocycles. The van der Waals surface area contributed by atoms with Crippen molar-refractivity contribution >= 4 is 5.69 Å². The predicted molar refractivity (Wildman–Crippen MR) is 88.1 cm³/mol. The lowest BCUT2D eigenvalue weighted by molar-refractivity contribution is 0.409. The quantitative estimate of drug-likeness (QED) is 0.866. The van der Waals surface area contributed by atoms with E-state index in [1.807, 2.05) is 12.1 Å². The molecule has 2 aromatic rings. The summed E-state index contributed by atoms with van der Waals surface area (Å²) in [6.07, 6.45) is 5.00. The lowest BCUT2D eigenvalue weighted by Gasteiger charge is -2.30. The summed E-state index contributed by atoms with van der Waals surface area (Å²) in [5.41, 5.74) is 2.66. The first kappa shape index (κ1) is 14.0. The van der Waals surface area contributed by atoms with Crippen molar-refractivity contribution in [1.82, 2.24) is 0 Å². The van der Waals surface area contributed by atoms with Gasteiger partial charge < -0.3 is 10.1 Å². The summed E-state index contributed by atoms with van der Waals surface area (Å²) in [4.78, 5) is 0. The van der Waals surface area contributed by atoms with Gasteiger partial charge in [-0.05, 0) is 49.3 Å². The molecule has 1 fully saturated rings. The highest BCUT2D eigenvalue weighted by Crippen LogP contribution is 2.34. The number of methoxy groups -OCH3 is 1. The van der Waals surface area contributed by atoms with E-state index in [2.05, 4.69) is 47.8 Å². The number of benzene rings is 2. The Kier molecular flexibility index (Phi) is 4.44. The van der Waals surface area contributed by atoms with Gasteiger partial charge in [-0.1, -0.05) is 36.4 Å². The van der Waals surface area contributed by atoms with Gasteiger partial charge >= 0.3 is 0 Å². The first-order chi connectivity index (χ1) is 10.3. The summed E-state index contributed by atoms with van der Waals surface area (Å²) in [5.74, 6) is 1.65. The summed E-state index contributed by atoms with van der Waals surface area (Å²) in [6.45, 7) is 0. The molecule has 1 aliphatic rings. The Balaban J connectivity index is 1.56. The summed E-state index contributed by atoms with van der Waals surface area (Å²) < 4.78 is 5.28. The van der Waals surface area contributed by atoms with Crippen LogP contribution in [0.5, 0.6) is 5.75 Å². The van der Waals surface area contributed by atoms with E-state index in [-0.39, 0.29) is 0 Å². The minimum atomic E-state index is 0.581. The topological polar surface area (TPSA) is 21.3 Å². The van der Waals surface area contributed by atoms with Crippen molar-refractivity contribution in [3.05, 3.63) is 60.2 Å². The van der Waals surface area contributed by atoms with E-state index in [9.17, 15) is 0 Å². The smallest absolute Gasteiger partial charge is 0.120 e. The van der Waals surface area contributed by atoms with Crippen molar-refractivity contribution in [2.45, 2.75) is 37.6 Å². The monoisotopic (exact) mass is 281 g/mol. The zero-order valence-corrected chi connectivity index (χ0v) is 12.6. The maximum absolute atomic E-state index is 5.28. The molecule has 0 aromatic heterocycles. The maximum atomic E-state index is 5.28. The Hall–Kier alpha value is -1.96. The molecule has 3 rings (SSSR count). The first-order valence-electron chi connectivity index (χ1n) is 7.80. The number of nitrogens with one attached hydrogen (secondary N) is 1. The Morgan fingerprint density at radius 3 is 2.38 bits per heavy atom. The summed E-state index contributed by atoms with van der Waals surface area (Å²) in [5, 5.41) is 3.65. The van der Waals surface area contributed by atoms with Gasteiger partial charge in [0.15, 0.2) is 0 Å². The molecule has 110 valence electrons. The molecule has 0 bridgehead atoms. The lowest BCUT2D eigenvalue weighted by Crippen LogP contribution is -2.25. The number of ether oxygens (including phenoxy) is 1.